The van der Waals surface area contributed by atoms with Crippen LogP contribution in [0.15, 0.2) is 17.1 Å². The van der Waals surface area contributed by atoms with Crippen LogP contribution in [0.5, 0.6) is 0 Å². The van der Waals surface area contributed by atoms with Crippen molar-refractivity contribution in [2.75, 3.05) is 13.2 Å². The summed E-state index contributed by atoms with van der Waals surface area (Å²) in [6.07, 6.45) is 0. The minimum absolute atomic E-state index is 0.149. The average molecular weight is 361 g/mol. The number of thiazole rings is 1. The van der Waals surface area contributed by atoms with E-state index in [2.05, 4.69) is 4.99 Å². The largest absolute Gasteiger partial charge is 0.380 e. The minimum atomic E-state index is -0.154. The van der Waals surface area contributed by atoms with Crippen LogP contribution in [0.3, 0.4) is 0 Å². The number of carbonyl (C=O) groups is 1. The fraction of sp³-hybridized carbons (Fsp3) is 0.467. The van der Waals surface area contributed by atoms with Crippen LogP contribution < -0.4 is 4.80 Å². The third-order valence-electron chi connectivity index (χ3n) is 3.10. The molecule has 120 valence electrons. The molecule has 0 fully saturated rings. The average Bonchev–Trinajstić information content (AvgIpc) is 2.81. The number of rotatable bonds is 5. The van der Waals surface area contributed by atoms with Gasteiger partial charge in [-0.25, -0.2) is 0 Å². The third kappa shape index (κ3) is 3.71. The van der Waals surface area contributed by atoms with Gasteiger partial charge in [-0.05, 0) is 19.1 Å². The summed E-state index contributed by atoms with van der Waals surface area (Å²) in [5.74, 6) is -0.302. The summed E-state index contributed by atoms with van der Waals surface area (Å²) in [4.78, 5) is 16.8. The Bertz CT molecular complexity index is 750. The van der Waals surface area contributed by atoms with E-state index in [0.29, 0.717) is 34.6 Å². The van der Waals surface area contributed by atoms with Crippen molar-refractivity contribution >= 4 is 50.7 Å². The van der Waals surface area contributed by atoms with E-state index in [0.717, 1.165) is 10.2 Å². The number of hydrogen-bond donors (Lipinski definition) is 0. The molecular formula is C15H18Cl2N2O2S. The molecular weight excluding hydrogens is 343 g/mol. The standard InChI is InChI=1S/C15H18Cl2N2O2S/c1-4-21-8-7-19-13-11(6-5-10(16)12(13)17)22-15(19)18-14(20)9(2)3/h5-6,9H,4,7-8H2,1-3H3. The van der Waals surface area contributed by atoms with Gasteiger partial charge in [-0.3, -0.25) is 4.79 Å². The fourth-order valence-corrected chi connectivity index (χ4v) is 3.46. The number of benzene rings is 1. The zero-order chi connectivity index (χ0) is 16.3. The Hall–Kier alpha value is -0.880. The maximum absolute atomic E-state index is 12.0. The van der Waals surface area contributed by atoms with Crippen molar-refractivity contribution in [1.29, 1.82) is 0 Å². The first-order chi connectivity index (χ1) is 10.5. The molecule has 4 nitrogen and oxygen atoms in total. The van der Waals surface area contributed by atoms with Gasteiger partial charge in [0.2, 0.25) is 0 Å². The molecule has 2 rings (SSSR count). The summed E-state index contributed by atoms with van der Waals surface area (Å²) < 4.78 is 8.27. The molecule has 0 bridgehead atoms. The molecule has 0 spiro atoms. The normalized spacial score (nSPS) is 12.5. The van der Waals surface area contributed by atoms with E-state index in [1.165, 1.54) is 11.3 Å². The van der Waals surface area contributed by atoms with Crippen molar-refractivity contribution in [3.05, 3.63) is 27.0 Å². The molecule has 1 aromatic heterocycles. The number of ether oxygens (including phenoxy) is 1. The maximum Gasteiger partial charge on any atom is 0.250 e. The second-order valence-corrected chi connectivity index (χ2v) is 6.84. The first kappa shape index (κ1) is 17.5. The van der Waals surface area contributed by atoms with Gasteiger partial charge < -0.3 is 9.30 Å². The van der Waals surface area contributed by atoms with E-state index in [9.17, 15) is 4.79 Å². The van der Waals surface area contributed by atoms with Gasteiger partial charge >= 0.3 is 0 Å². The first-order valence-corrected chi connectivity index (χ1v) is 8.66. The smallest absolute Gasteiger partial charge is 0.250 e. The second-order valence-electron chi connectivity index (χ2n) is 5.05. The van der Waals surface area contributed by atoms with Gasteiger partial charge in [0.05, 0.1) is 26.9 Å². The summed E-state index contributed by atoms with van der Waals surface area (Å²) >= 11 is 13.9. The minimum Gasteiger partial charge on any atom is -0.380 e. The SMILES string of the molecule is CCOCCn1c(=NC(=O)C(C)C)sc2ccc(Cl)c(Cl)c21. The van der Waals surface area contributed by atoms with Crippen molar-refractivity contribution in [3.8, 4) is 0 Å². The van der Waals surface area contributed by atoms with Crippen molar-refractivity contribution in [2.24, 2.45) is 10.9 Å². The molecule has 1 aromatic carbocycles. The van der Waals surface area contributed by atoms with E-state index in [4.69, 9.17) is 27.9 Å². The van der Waals surface area contributed by atoms with Crippen LogP contribution in [0.1, 0.15) is 20.8 Å². The van der Waals surface area contributed by atoms with Gasteiger partial charge in [0.1, 0.15) is 0 Å². The van der Waals surface area contributed by atoms with Crippen LogP contribution >= 0.6 is 34.5 Å². The lowest BCUT2D eigenvalue weighted by atomic mass is 10.2. The molecule has 1 amide bonds. The number of halogens is 2. The molecule has 22 heavy (non-hydrogen) atoms. The van der Waals surface area contributed by atoms with Gasteiger partial charge in [-0.15, -0.1) is 0 Å². The molecule has 0 aliphatic carbocycles. The van der Waals surface area contributed by atoms with Gasteiger partial charge in [0.25, 0.3) is 5.91 Å². The molecule has 0 N–H and O–H groups in total. The number of carbonyl (C=O) groups excluding carboxylic acids is 1. The maximum atomic E-state index is 12.0. The zero-order valence-corrected chi connectivity index (χ0v) is 15.1. The Morgan fingerprint density at radius 3 is 2.77 bits per heavy atom. The lowest BCUT2D eigenvalue weighted by molar-refractivity contribution is -0.120. The van der Waals surface area contributed by atoms with Gasteiger partial charge in [-0.1, -0.05) is 48.4 Å². The van der Waals surface area contributed by atoms with Crippen molar-refractivity contribution < 1.29 is 9.53 Å². The molecule has 0 saturated heterocycles. The molecule has 0 aliphatic heterocycles. The zero-order valence-electron chi connectivity index (χ0n) is 12.7. The first-order valence-electron chi connectivity index (χ1n) is 7.09. The molecule has 0 atom stereocenters. The number of hydrogen-bond acceptors (Lipinski definition) is 3. The number of fused-ring (bicyclic) bond motifs is 1. The predicted octanol–water partition coefficient (Wildman–Crippen LogP) is 4.13. The van der Waals surface area contributed by atoms with Crippen LogP contribution in [0.4, 0.5) is 0 Å². The highest BCUT2D eigenvalue weighted by molar-refractivity contribution is 7.16. The molecule has 7 heteroatoms. The molecule has 0 unspecified atom stereocenters. The lowest BCUT2D eigenvalue weighted by Crippen LogP contribution is -2.21. The van der Waals surface area contributed by atoms with Crippen molar-refractivity contribution in [2.45, 2.75) is 27.3 Å². The Kier molecular flexibility index (Phi) is 6.03. The summed E-state index contributed by atoms with van der Waals surface area (Å²) in [5, 5.41) is 0.962. The Balaban J connectivity index is 2.62. The summed E-state index contributed by atoms with van der Waals surface area (Å²) in [7, 11) is 0. The molecule has 0 saturated carbocycles. The highest BCUT2D eigenvalue weighted by Gasteiger charge is 2.14. The lowest BCUT2D eigenvalue weighted by Gasteiger charge is -2.07. The highest BCUT2D eigenvalue weighted by atomic mass is 35.5. The predicted molar refractivity (Wildman–Crippen MR) is 91.7 cm³/mol. The molecule has 2 aromatic rings. The molecule has 0 radical (unpaired) electrons. The number of nitrogens with zero attached hydrogens (tertiary/aromatic N) is 2. The van der Waals surface area contributed by atoms with Crippen LogP contribution in [0.2, 0.25) is 10.0 Å². The quantitative estimate of drug-likeness (QED) is 0.752. The second kappa shape index (κ2) is 7.59. The van der Waals surface area contributed by atoms with Crippen LogP contribution in [-0.4, -0.2) is 23.7 Å². The van der Waals surface area contributed by atoms with Crippen LogP contribution in [0.25, 0.3) is 10.2 Å². The van der Waals surface area contributed by atoms with Crippen LogP contribution in [0, 0.1) is 5.92 Å². The van der Waals surface area contributed by atoms with E-state index in [1.807, 2.05) is 31.4 Å². The molecule has 0 aliphatic rings. The van der Waals surface area contributed by atoms with E-state index < -0.39 is 0 Å². The summed E-state index contributed by atoms with van der Waals surface area (Å²) in [6.45, 7) is 7.32. The van der Waals surface area contributed by atoms with Crippen molar-refractivity contribution in [1.82, 2.24) is 4.57 Å². The Morgan fingerprint density at radius 2 is 2.14 bits per heavy atom. The summed E-state index contributed by atoms with van der Waals surface area (Å²) in [5.41, 5.74) is 0.800. The topological polar surface area (TPSA) is 43.6 Å². The van der Waals surface area contributed by atoms with Crippen LogP contribution in [-0.2, 0) is 16.1 Å². The summed E-state index contributed by atoms with van der Waals surface area (Å²) in [6, 6.07) is 3.65. The Labute approximate surface area is 143 Å². The number of amides is 1. The number of aromatic nitrogens is 1. The van der Waals surface area contributed by atoms with Gasteiger partial charge in [0, 0.05) is 19.1 Å². The van der Waals surface area contributed by atoms with Gasteiger partial charge in [-0.2, -0.15) is 4.99 Å². The third-order valence-corrected chi connectivity index (χ3v) is 4.94. The van der Waals surface area contributed by atoms with Gasteiger partial charge in [0.15, 0.2) is 4.80 Å². The van der Waals surface area contributed by atoms with E-state index in [1.54, 1.807) is 6.07 Å². The molecule has 1 heterocycles. The van der Waals surface area contributed by atoms with E-state index in [-0.39, 0.29) is 11.8 Å². The Morgan fingerprint density at radius 1 is 1.41 bits per heavy atom. The van der Waals surface area contributed by atoms with E-state index >= 15 is 0 Å². The fourth-order valence-electron chi connectivity index (χ4n) is 1.92. The monoisotopic (exact) mass is 360 g/mol. The van der Waals surface area contributed by atoms with Crippen molar-refractivity contribution in [3.63, 3.8) is 0 Å². The highest BCUT2D eigenvalue weighted by Crippen LogP contribution is 2.32.